The summed E-state index contributed by atoms with van der Waals surface area (Å²) in [4.78, 5) is 7.40. The van der Waals surface area contributed by atoms with Crippen LogP contribution in [0.2, 0.25) is 0 Å². The summed E-state index contributed by atoms with van der Waals surface area (Å²) in [5.74, 6) is 0.461. The summed E-state index contributed by atoms with van der Waals surface area (Å²) in [6, 6.07) is 1.28. The van der Waals surface area contributed by atoms with E-state index in [4.69, 9.17) is 0 Å². The fraction of sp³-hybridized carbons (Fsp3) is 1.00. The van der Waals surface area contributed by atoms with Gasteiger partial charge in [0.05, 0.1) is 0 Å². The molecule has 0 bridgehead atoms. The predicted molar refractivity (Wildman–Crippen MR) is 74.8 cm³/mol. The van der Waals surface area contributed by atoms with Crippen molar-refractivity contribution in [2.24, 2.45) is 5.92 Å². The monoisotopic (exact) mass is 255 g/mol. The Morgan fingerprint density at radius 2 is 1.78 bits per heavy atom. The van der Waals surface area contributed by atoms with Gasteiger partial charge in [0.1, 0.15) is 0 Å². The highest BCUT2D eigenvalue weighted by Gasteiger charge is 2.33. The van der Waals surface area contributed by atoms with Crippen LogP contribution in [0.25, 0.3) is 0 Å². The van der Waals surface area contributed by atoms with Crippen LogP contribution in [-0.4, -0.2) is 85.8 Å². The Balaban J connectivity index is 1.91. The van der Waals surface area contributed by atoms with Gasteiger partial charge in [0.2, 0.25) is 0 Å². The molecule has 2 fully saturated rings. The molecular weight excluding hydrogens is 226 g/mol. The molecule has 4 nitrogen and oxygen atoms in total. The number of hydrogen-bond acceptors (Lipinski definition) is 4. The first-order valence-corrected chi connectivity index (χ1v) is 7.31. The lowest BCUT2D eigenvalue weighted by Gasteiger charge is -2.46. The van der Waals surface area contributed by atoms with Crippen LogP contribution in [0, 0.1) is 5.92 Å². The Labute approximate surface area is 112 Å². The highest BCUT2D eigenvalue weighted by atomic mass is 16.3. The summed E-state index contributed by atoms with van der Waals surface area (Å²) in [5, 5.41) is 9.49. The summed E-state index contributed by atoms with van der Waals surface area (Å²) in [5.41, 5.74) is 0. The van der Waals surface area contributed by atoms with E-state index in [9.17, 15) is 5.11 Å². The summed E-state index contributed by atoms with van der Waals surface area (Å²) >= 11 is 0. The third kappa shape index (κ3) is 3.23. The van der Waals surface area contributed by atoms with Crippen molar-refractivity contribution in [3.05, 3.63) is 0 Å². The van der Waals surface area contributed by atoms with E-state index < -0.39 is 0 Å². The lowest BCUT2D eigenvalue weighted by atomic mass is 9.89. The number of piperidine rings is 2. The van der Waals surface area contributed by atoms with Crippen molar-refractivity contribution in [3.8, 4) is 0 Å². The maximum absolute atomic E-state index is 9.49. The second-order valence-electron chi connectivity index (χ2n) is 6.29. The number of hydrogen-bond donors (Lipinski definition) is 1. The summed E-state index contributed by atoms with van der Waals surface area (Å²) in [6.45, 7) is 5.11. The van der Waals surface area contributed by atoms with Crippen LogP contribution in [0.15, 0.2) is 0 Å². The average Bonchev–Trinajstić information content (AvgIpc) is 2.39. The van der Waals surface area contributed by atoms with Crippen molar-refractivity contribution in [1.82, 2.24) is 14.7 Å². The molecule has 2 aliphatic rings. The zero-order valence-electron chi connectivity index (χ0n) is 12.2. The van der Waals surface area contributed by atoms with Crippen LogP contribution in [0.4, 0.5) is 0 Å². The first-order valence-electron chi connectivity index (χ1n) is 7.31. The second kappa shape index (κ2) is 6.33. The lowest BCUT2D eigenvalue weighted by Crippen LogP contribution is -2.55. The molecule has 0 unspecified atom stereocenters. The quantitative estimate of drug-likeness (QED) is 0.787. The highest BCUT2D eigenvalue weighted by molar-refractivity contribution is 4.89. The SMILES string of the molecule is CN1CCC(N2CC[C@H](CO)[C@H](N(C)C)C2)CC1. The zero-order chi connectivity index (χ0) is 13.1. The number of rotatable bonds is 3. The largest absolute Gasteiger partial charge is 0.396 e. The molecule has 0 aromatic rings. The summed E-state index contributed by atoms with van der Waals surface area (Å²) in [6.07, 6.45) is 3.76. The van der Waals surface area contributed by atoms with Crippen molar-refractivity contribution in [3.63, 3.8) is 0 Å². The number of nitrogens with zero attached hydrogens (tertiary/aromatic N) is 3. The molecule has 0 spiro atoms. The van der Waals surface area contributed by atoms with Gasteiger partial charge in [0.15, 0.2) is 0 Å². The standard InChI is InChI=1S/C14H29N3O/c1-15(2)14-10-17(9-4-12(14)11-18)13-5-7-16(3)8-6-13/h12-14,18H,4-11H2,1-3H3/t12-,14-/m1/s1. The normalized spacial score (nSPS) is 33.2. The maximum atomic E-state index is 9.49. The zero-order valence-corrected chi connectivity index (χ0v) is 12.2. The third-order valence-electron chi connectivity index (χ3n) is 4.86. The molecule has 1 N–H and O–H groups in total. The Kier molecular flexibility index (Phi) is 5.01. The highest BCUT2D eigenvalue weighted by Crippen LogP contribution is 2.25. The Hall–Kier alpha value is -0.160. The van der Waals surface area contributed by atoms with Crippen LogP contribution in [-0.2, 0) is 0 Å². The van der Waals surface area contributed by atoms with Gasteiger partial charge in [-0.2, -0.15) is 0 Å². The summed E-state index contributed by atoms with van der Waals surface area (Å²) in [7, 11) is 6.51. The van der Waals surface area contributed by atoms with E-state index in [0.717, 1.165) is 19.0 Å². The van der Waals surface area contributed by atoms with E-state index in [1.54, 1.807) is 0 Å². The fourth-order valence-corrected chi connectivity index (χ4v) is 3.49. The molecule has 2 rings (SSSR count). The topological polar surface area (TPSA) is 30.0 Å². The van der Waals surface area contributed by atoms with Gasteiger partial charge in [-0.25, -0.2) is 0 Å². The van der Waals surface area contributed by atoms with Crippen LogP contribution < -0.4 is 0 Å². The molecular formula is C14H29N3O. The van der Waals surface area contributed by atoms with E-state index in [1.807, 2.05) is 0 Å². The molecule has 106 valence electrons. The van der Waals surface area contributed by atoms with E-state index in [2.05, 4.69) is 35.8 Å². The van der Waals surface area contributed by atoms with Crippen molar-refractivity contribution in [2.75, 3.05) is 53.9 Å². The van der Waals surface area contributed by atoms with E-state index in [-0.39, 0.29) is 0 Å². The van der Waals surface area contributed by atoms with Crippen molar-refractivity contribution < 1.29 is 5.11 Å². The maximum Gasteiger partial charge on any atom is 0.0475 e. The van der Waals surface area contributed by atoms with Gasteiger partial charge in [-0.05, 0) is 66.0 Å². The number of likely N-dealkylation sites (tertiary alicyclic amines) is 2. The lowest BCUT2D eigenvalue weighted by molar-refractivity contribution is 0.0149. The first-order chi connectivity index (χ1) is 8.61. The minimum atomic E-state index is 0.337. The minimum Gasteiger partial charge on any atom is -0.396 e. The van der Waals surface area contributed by atoms with Crippen molar-refractivity contribution in [2.45, 2.75) is 31.3 Å². The van der Waals surface area contributed by atoms with Gasteiger partial charge in [-0.1, -0.05) is 0 Å². The van der Waals surface area contributed by atoms with Gasteiger partial charge in [-0.3, -0.25) is 4.90 Å². The second-order valence-corrected chi connectivity index (χ2v) is 6.29. The van der Waals surface area contributed by atoms with Crippen molar-refractivity contribution in [1.29, 1.82) is 0 Å². The fourth-order valence-electron chi connectivity index (χ4n) is 3.49. The molecule has 0 aliphatic carbocycles. The van der Waals surface area contributed by atoms with E-state index in [1.165, 1.54) is 32.5 Å². The molecule has 0 aromatic heterocycles. The van der Waals surface area contributed by atoms with Gasteiger partial charge in [-0.15, -0.1) is 0 Å². The predicted octanol–water partition coefficient (Wildman–Crippen LogP) is 0.325. The number of likely N-dealkylation sites (N-methyl/N-ethyl adjacent to an activating group) is 1. The van der Waals surface area contributed by atoms with Crippen LogP contribution >= 0.6 is 0 Å². The molecule has 2 saturated heterocycles. The molecule has 4 heteroatoms. The smallest absolute Gasteiger partial charge is 0.0475 e. The van der Waals surface area contributed by atoms with Crippen LogP contribution in [0.5, 0.6) is 0 Å². The van der Waals surface area contributed by atoms with Crippen LogP contribution in [0.1, 0.15) is 19.3 Å². The number of aliphatic hydroxyl groups excluding tert-OH is 1. The van der Waals surface area contributed by atoms with E-state index >= 15 is 0 Å². The first kappa shape index (κ1) is 14.3. The molecule has 18 heavy (non-hydrogen) atoms. The van der Waals surface area contributed by atoms with Crippen molar-refractivity contribution >= 4 is 0 Å². The summed E-state index contributed by atoms with van der Waals surface area (Å²) < 4.78 is 0. The Morgan fingerprint density at radius 1 is 1.11 bits per heavy atom. The van der Waals surface area contributed by atoms with Gasteiger partial charge in [0, 0.05) is 25.2 Å². The molecule has 0 saturated carbocycles. The Morgan fingerprint density at radius 3 is 2.33 bits per heavy atom. The van der Waals surface area contributed by atoms with Gasteiger partial charge < -0.3 is 14.9 Å². The molecule has 2 aliphatic heterocycles. The van der Waals surface area contributed by atoms with Gasteiger partial charge in [0.25, 0.3) is 0 Å². The number of aliphatic hydroxyl groups is 1. The molecule has 0 amide bonds. The third-order valence-corrected chi connectivity index (χ3v) is 4.86. The minimum absolute atomic E-state index is 0.337. The molecule has 2 atom stereocenters. The molecule has 2 heterocycles. The van der Waals surface area contributed by atoms with Gasteiger partial charge >= 0.3 is 0 Å². The van der Waals surface area contributed by atoms with E-state index in [0.29, 0.717) is 18.6 Å². The Bertz CT molecular complexity index is 251. The molecule has 0 radical (unpaired) electrons. The molecule has 0 aromatic carbocycles. The average molecular weight is 255 g/mol. The van der Waals surface area contributed by atoms with Crippen LogP contribution in [0.3, 0.4) is 0 Å².